The zero-order valence-electron chi connectivity index (χ0n) is 15.8. The predicted octanol–water partition coefficient (Wildman–Crippen LogP) is 3.45. The Morgan fingerprint density at radius 1 is 1.00 bits per heavy atom. The zero-order valence-corrected chi connectivity index (χ0v) is 15.8. The smallest absolute Gasteiger partial charge is 0.168 e. The van der Waals surface area contributed by atoms with Crippen LogP contribution in [0.1, 0.15) is 63.4 Å². The Morgan fingerprint density at radius 3 is 2.42 bits per heavy atom. The van der Waals surface area contributed by atoms with Gasteiger partial charge in [-0.25, -0.2) is 4.68 Å². The molecule has 26 heavy (non-hydrogen) atoms. The normalized spacial score (nSPS) is 21.0. The molecule has 2 heterocycles. The van der Waals surface area contributed by atoms with Crippen LogP contribution < -0.4 is 4.90 Å². The molecule has 0 amide bonds. The SMILES string of the molecule is CCC(c1nnnn1C1CCCCC1)N1CCN(c2ccccc2)CC1. The van der Waals surface area contributed by atoms with Gasteiger partial charge in [-0.05, 0) is 41.8 Å². The fourth-order valence-corrected chi connectivity index (χ4v) is 4.54. The number of tetrazole rings is 1. The quantitative estimate of drug-likeness (QED) is 0.823. The first-order valence-electron chi connectivity index (χ1n) is 10.2. The van der Waals surface area contributed by atoms with Crippen LogP contribution in [-0.2, 0) is 0 Å². The van der Waals surface area contributed by atoms with Crippen LogP contribution in [0.25, 0.3) is 0 Å². The van der Waals surface area contributed by atoms with E-state index in [0.717, 1.165) is 38.4 Å². The van der Waals surface area contributed by atoms with Gasteiger partial charge >= 0.3 is 0 Å². The average Bonchev–Trinajstić information content (AvgIpc) is 3.20. The Balaban J connectivity index is 1.45. The third kappa shape index (κ3) is 3.61. The van der Waals surface area contributed by atoms with Crippen molar-refractivity contribution in [1.29, 1.82) is 0 Å². The molecule has 1 aromatic carbocycles. The van der Waals surface area contributed by atoms with Gasteiger partial charge in [0, 0.05) is 31.9 Å². The van der Waals surface area contributed by atoms with E-state index < -0.39 is 0 Å². The van der Waals surface area contributed by atoms with E-state index in [2.05, 4.69) is 67.3 Å². The van der Waals surface area contributed by atoms with Crippen LogP contribution in [-0.4, -0.2) is 51.3 Å². The molecule has 1 aromatic heterocycles. The van der Waals surface area contributed by atoms with Crippen molar-refractivity contribution >= 4 is 5.69 Å². The number of para-hydroxylation sites is 1. The molecule has 6 nitrogen and oxygen atoms in total. The molecule has 0 N–H and O–H groups in total. The van der Waals surface area contributed by atoms with Crippen LogP contribution in [0.2, 0.25) is 0 Å². The Hall–Kier alpha value is -1.95. The second-order valence-electron chi connectivity index (χ2n) is 7.56. The lowest BCUT2D eigenvalue weighted by Crippen LogP contribution is -2.48. The molecule has 1 aliphatic heterocycles. The third-order valence-corrected chi connectivity index (χ3v) is 6.00. The largest absolute Gasteiger partial charge is 0.369 e. The van der Waals surface area contributed by atoms with Crippen LogP contribution in [0.5, 0.6) is 0 Å². The van der Waals surface area contributed by atoms with E-state index >= 15 is 0 Å². The summed E-state index contributed by atoms with van der Waals surface area (Å²) in [5.41, 5.74) is 1.33. The third-order valence-electron chi connectivity index (χ3n) is 6.00. The fourth-order valence-electron chi connectivity index (χ4n) is 4.54. The van der Waals surface area contributed by atoms with Gasteiger partial charge in [0.2, 0.25) is 0 Å². The molecule has 1 atom stereocenters. The van der Waals surface area contributed by atoms with Gasteiger partial charge in [-0.15, -0.1) is 5.10 Å². The summed E-state index contributed by atoms with van der Waals surface area (Å²) in [6.45, 7) is 6.50. The summed E-state index contributed by atoms with van der Waals surface area (Å²) in [6.07, 6.45) is 7.45. The molecule has 6 heteroatoms. The highest BCUT2D eigenvalue weighted by atomic mass is 15.6. The Labute approximate surface area is 156 Å². The topological polar surface area (TPSA) is 50.1 Å². The Morgan fingerprint density at radius 2 is 1.73 bits per heavy atom. The summed E-state index contributed by atoms with van der Waals surface area (Å²) in [6, 6.07) is 11.5. The average molecular weight is 355 g/mol. The lowest BCUT2D eigenvalue weighted by atomic mass is 9.95. The first-order valence-corrected chi connectivity index (χ1v) is 10.2. The maximum atomic E-state index is 4.46. The van der Waals surface area contributed by atoms with Gasteiger partial charge < -0.3 is 4.90 Å². The summed E-state index contributed by atoms with van der Waals surface area (Å²) >= 11 is 0. The number of aromatic nitrogens is 4. The van der Waals surface area contributed by atoms with Gasteiger partial charge in [0.25, 0.3) is 0 Å². The zero-order chi connectivity index (χ0) is 17.8. The van der Waals surface area contributed by atoms with E-state index in [1.54, 1.807) is 0 Å². The molecule has 4 rings (SSSR count). The van der Waals surface area contributed by atoms with Crippen molar-refractivity contribution < 1.29 is 0 Å². The number of piperazine rings is 1. The molecule has 2 aromatic rings. The first kappa shape index (κ1) is 17.5. The van der Waals surface area contributed by atoms with Gasteiger partial charge in [0.05, 0.1) is 12.1 Å². The highest BCUT2D eigenvalue weighted by Gasteiger charge is 2.30. The predicted molar refractivity (Wildman–Crippen MR) is 103 cm³/mol. The molecule has 1 saturated carbocycles. The first-order chi connectivity index (χ1) is 12.9. The molecule has 2 fully saturated rings. The van der Waals surface area contributed by atoms with Crippen molar-refractivity contribution in [2.45, 2.75) is 57.5 Å². The number of hydrogen-bond donors (Lipinski definition) is 0. The van der Waals surface area contributed by atoms with Crippen LogP contribution in [0.15, 0.2) is 30.3 Å². The van der Waals surface area contributed by atoms with Crippen molar-refractivity contribution in [1.82, 2.24) is 25.1 Å². The number of anilines is 1. The van der Waals surface area contributed by atoms with Gasteiger partial charge in [0.15, 0.2) is 5.82 Å². The number of rotatable bonds is 5. The minimum absolute atomic E-state index is 0.324. The lowest BCUT2D eigenvalue weighted by Gasteiger charge is -2.39. The maximum absolute atomic E-state index is 4.46. The molecular formula is C20H30N6. The van der Waals surface area contributed by atoms with Crippen LogP contribution in [0, 0.1) is 0 Å². The van der Waals surface area contributed by atoms with Crippen molar-refractivity contribution in [3.63, 3.8) is 0 Å². The second-order valence-corrected chi connectivity index (χ2v) is 7.56. The molecule has 0 spiro atoms. The molecule has 0 radical (unpaired) electrons. The fraction of sp³-hybridized carbons (Fsp3) is 0.650. The highest BCUT2D eigenvalue weighted by molar-refractivity contribution is 5.46. The molecule has 1 unspecified atom stereocenters. The van der Waals surface area contributed by atoms with E-state index in [0.29, 0.717) is 12.1 Å². The van der Waals surface area contributed by atoms with Crippen LogP contribution >= 0.6 is 0 Å². The Kier molecular flexibility index (Phi) is 5.48. The summed E-state index contributed by atoms with van der Waals surface area (Å²) in [7, 11) is 0. The molecule has 140 valence electrons. The van der Waals surface area contributed by atoms with E-state index in [1.807, 2.05) is 0 Å². The van der Waals surface area contributed by atoms with Crippen molar-refractivity contribution in [3.05, 3.63) is 36.2 Å². The highest BCUT2D eigenvalue weighted by Crippen LogP contribution is 2.32. The minimum Gasteiger partial charge on any atom is -0.369 e. The summed E-state index contributed by atoms with van der Waals surface area (Å²) < 4.78 is 2.15. The number of benzene rings is 1. The summed E-state index contributed by atoms with van der Waals surface area (Å²) in [5, 5.41) is 12.9. The molecule has 1 saturated heterocycles. The monoisotopic (exact) mass is 354 g/mol. The van der Waals surface area contributed by atoms with Gasteiger partial charge in [-0.3, -0.25) is 4.90 Å². The van der Waals surface area contributed by atoms with Gasteiger partial charge in [-0.2, -0.15) is 0 Å². The van der Waals surface area contributed by atoms with E-state index in [4.69, 9.17) is 0 Å². The van der Waals surface area contributed by atoms with Crippen molar-refractivity contribution in [2.24, 2.45) is 0 Å². The van der Waals surface area contributed by atoms with Crippen molar-refractivity contribution in [2.75, 3.05) is 31.1 Å². The minimum atomic E-state index is 0.324. The van der Waals surface area contributed by atoms with Crippen LogP contribution in [0.4, 0.5) is 5.69 Å². The number of hydrogen-bond acceptors (Lipinski definition) is 5. The second kappa shape index (κ2) is 8.16. The standard InChI is InChI=1S/C20H30N6/c1-2-19(20-21-22-23-26(20)18-11-7-4-8-12-18)25-15-13-24(14-16-25)17-9-5-3-6-10-17/h3,5-6,9-10,18-19H,2,4,7-8,11-16H2,1H3. The lowest BCUT2D eigenvalue weighted by molar-refractivity contribution is 0.163. The summed E-state index contributed by atoms with van der Waals surface area (Å²) in [5.74, 6) is 1.08. The van der Waals surface area contributed by atoms with Gasteiger partial charge in [-0.1, -0.05) is 44.4 Å². The Bertz CT molecular complexity index is 671. The number of nitrogens with zero attached hydrogens (tertiary/aromatic N) is 6. The van der Waals surface area contributed by atoms with E-state index in [9.17, 15) is 0 Å². The van der Waals surface area contributed by atoms with Crippen molar-refractivity contribution in [3.8, 4) is 0 Å². The molecule has 0 bridgehead atoms. The molecular weight excluding hydrogens is 324 g/mol. The summed E-state index contributed by atoms with van der Waals surface area (Å²) in [4.78, 5) is 5.05. The van der Waals surface area contributed by atoms with E-state index in [1.165, 1.54) is 37.8 Å². The van der Waals surface area contributed by atoms with Crippen LogP contribution in [0.3, 0.4) is 0 Å². The maximum Gasteiger partial charge on any atom is 0.168 e. The molecule has 2 aliphatic rings. The molecule has 1 aliphatic carbocycles. The van der Waals surface area contributed by atoms with E-state index in [-0.39, 0.29) is 0 Å². The van der Waals surface area contributed by atoms with Gasteiger partial charge in [0.1, 0.15) is 0 Å².